The fourth-order valence-corrected chi connectivity index (χ4v) is 3.59. The second-order valence-electron chi connectivity index (χ2n) is 5.58. The Balaban J connectivity index is 1.58. The number of nitrogens with zero attached hydrogens (tertiary/aromatic N) is 3. The third-order valence-electron chi connectivity index (χ3n) is 3.90. The first-order valence-electron chi connectivity index (χ1n) is 7.19. The predicted molar refractivity (Wildman–Crippen MR) is 77.6 cm³/mol. The standard InChI is InChI=1S/C14H20N4OS/c1-9-8-20-14(16-9)7-12-17-13(19-18-12)6-11(15)10-4-2-3-5-10/h8,10-11H,2-7,15H2,1H3. The highest BCUT2D eigenvalue weighted by Gasteiger charge is 2.24. The lowest BCUT2D eigenvalue weighted by molar-refractivity contribution is 0.339. The highest BCUT2D eigenvalue weighted by molar-refractivity contribution is 7.09. The Labute approximate surface area is 122 Å². The van der Waals surface area contributed by atoms with Crippen molar-refractivity contribution in [1.29, 1.82) is 0 Å². The van der Waals surface area contributed by atoms with Crippen molar-refractivity contribution in [1.82, 2.24) is 15.1 Å². The maximum absolute atomic E-state index is 6.24. The molecule has 6 heteroatoms. The Morgan fingerprint density at radius 1 is 1.40 bits per heavy atom. The van der Waals surface area contributed by atoms with Crippen LogP contribution in [0.15, 0.2) is 9.90 Å². The van der Waals surface area contributed by atoms with Crippen LogP contribution in [0.2, 0.25) is 0 Å². The molecule has 1 unspecified atom stereocenters. The van der Waals surface area contributed by atoms with E-state index in [4.69, 9.17) is 10.3 Å². The molecule has 1 atom stereocenters. The van der Waals surface area contributed by atoms with E-state index < -0.39 is 0 Å². The zero-order valence-corrected chi connectivity index (χ0v) is 12.5. The Kier molecular flexibility index (Phi) is 4.12. The molecule has 0 amide bonds. The summed E-state index contributed by atoms with van der Waals surface area (Å²) in [5, 5.41) is 7.08. The van der Waals surface area contributed by atoms with Crippen LogP contribution < -0.4 is 5.73 Å². The van der Waals surface area contributed by atoms with Crippen LogP contribution in [0.1, 0.15) is 48.1 Å². The fraction of sp³-hybridized carbons (Fsp3) is 0.643. The summed E-state index contributed by atoms with van der Waals surface area (Å²) >= 11 is 1.63. The molecule has 1 aliphatic carbocycles. The van der Waals surface area contributed by atoms with Gasteiger partial charge in [-0.15, -0.1) is 11.3 Å². The molecule has 0 saturated heterocycles. The van der Waals surface area contributed by atoms with Crippen LogP contribution in [0.3, 0.4) is 0 Å². The largest absolute Gasteiger partial charge is 0.339 e. The van der Waals surface area contributed by atoms with Crippen LogP contribution in [-0.4, -0.2) is 21.2 Å². The summed E-state index contributed by atoms with van der Waals surface area (Å²) in [6.45, 7) is 1.99. The molecule has 2 aromatic heterocycles. The van der Waals surface area contributed by atoms with Gasteiger partial charge in [0.25, 0.3) is 0 Å². The van der Waals surface area contributed by atoms with Crippen LogP contribution in [0.5, 0.6) is 0 Å². The summed E-state index contributed by atoms with van der Waals surface area (Å²) < 4.78 is 5.31. The summed E-state index contributed by atoms with van der Waals surface area (Å²) in [7, 11) is 0. The Morgan fingerprint density at radius 3 is 2.90 bits per heavy atom. The normalized spacial score (nSPS) is 17.7. The van der Waals surface area contributed by atoms with Crippen molar-refractivity contribution in [3.63, 3.8) is 0 Å². The smallest absolute Gasteiger partial charge is 0.228 e. The van der Waals surface area contributed by atoms with Gasteiger partial charge in [0.2, 0.25) is 5.89 Å². The molecule has 0 spiro atoms. The SMILES string of the molecule is Cc1csc(Cc2noc(CC(N)C3CCCC3)n2)n1. The van der Waals surface area contributed by atoms with Crippen LogP contribution in [0.4, 0.5) is 0 Å². The minimum atomic E-state index is 0.146. The summed E-state index contributed by atoms with van der Waals surface area (Å²) in [6, 6.07) is 0.146. The van der Waals surface area contributed by atoms with Crippen LogP contribution in [0, 0.1) is 12.8 Å². The van der Waals surface area contributed by atoms with Crippen LogP contribution in [-0.2, 0) is 12.8 Å². The van der Waals surface area contributed by atoms with Crippen molar-refractivity contribution in [2.24, 2.45) is 11.7 Å². The second-order valence-corrected chi connectivity index (χ2v) is 6.52. The Morgan fingerprint density at radius 2 is 2.20 bits per heavy atom. The van der Waals surface area contributed by atoms with E-state index in [2.05, 4.69) is 15.1 Å². The molecule has 0 aliphatic heterocycles. The van der Waals surface area contributed by atoms with Gasteiger partial charge in [-0.1, -0.05) is 18.0 Å². The number of aryl methyl sites for hydroxylation is 1. The molecule has 108 valence electrons. The zero-order chi connectivity index (χ0) is 13.9. The first-order valence-corrected chi connectivity index (χ1v) is 8.06. The monoisotopic (exact) mass is 292 g/mol. The van der Waals surface area contributed by atoms with Gasteiger partial charge in [-0.05, 0) is 25.7 Å². The molecule has 0 bridgehead atoms. The average Bonchev–Trinajstić information content (AvgIpc) is 3.12. The van der Waals surface area contributed by atoms with Crippen molar-refractivity contribution in [3.05, 3.63) is 27.8 Å². The lowest BCUT2D eigenvalue weighted by atomic mass is 9.96. The quantitative estimate of drug-likeness (QED) is 0.916. The van der Waals surface area contributed by atoms with E-state index in [1.54, 1.807) is 11.3 Å². The van der Waals surface area contributed by atoms with Crippen molar-refractivity contribution in [2.45, 2.75) is 51.5 Å². The molecular weight excluding hydrogens is 272 g/mol. The third kappa shape index (κ3) is 3.24. The summed E-state index contributed by atoms with van der Waals surface area (Å²) in [6.07, 6.45) is 6.41. The lowest BCUT2D eigenvalue weighted by Crippen LogP contribution is -2.30. The molecule has 3 rings (SSSR count). The van der Waals surface area contributed by atoms with Crippen molar-refractivity contribution in [2.75, 3.05) is 0 Å². The first-order chi connectivity index (χ1) is 9.70. The molecule has 1 saturated carbocycles. The lowest BCUT2D eigenvalue weighted by Gasteiger charge is -2.16. The maximum atomic E-state index is 6.24. The van der Waals surface area contributed by atoms with Crippen LogP contribution in [0.25, 0.3) is 0 Å². The maximum Gasteiger partial charge on any atom is 0.228 e. The number of hydrogen-bond acceptors (Lipinski definition) is 6. The highest BCUT2D eigenvalue weighted by atomic mass is 32.1. The summed E-state index contributed by atoms with van der Waals surface area (Å²) in [5.74, 6) is 1.98. The van der Waals surface area contributed by atoms with Gasteiger partial charge in [-0.25, -0.2) is 4.98 Å². The molecule has 5 nitrogen and oxygen atoms in total. The highest BCUT2D eigenvalue weighted by Crippen LogP contribution is 2.28. The van der Waals surface area contributed by atoms with Gasteiger partial charge in [-0.2, -0.15) is 4.98 Å². The molecule has 2 aromatic rings. The topological polar surface area (TPSA) is 77.8 Å². The van der Waals surface area contributed by atoms with Gasteiger partial charge >= 0.3 is 0 Å². The Bertz CT molecular complexity index is 559. The van der Waals surface area contributed by atoms with E-state index in [-0.39, 0.29) is 6.04 Å². The molecule has 1 fully saturated rings. The molecule has 2 N–H and O–H groups in total. The van der Waals surface area contributed by atoms with Gasteiger partial charge in [-0.3, -0.25) is 0 Å². The molecule has 0 radical (unpaired) electrons. The van der Waals surface area contributed by atoms with Gasteiger partial charge in [0.15, 0.2) is 5.82 Å². The zero-order valence-electron chi connectivity index (χ0n) is 11.7. The van der Waals surface area contributed by atoms with Gasteiger partial charge in [0.1, 0.15) is 5.01 Å². The van der Waals surface area contributed by atoms with E-state index in [0.29, 0.717) is 30.5 Å². The van der Waals surface area contributed by atoms with Crippen LogP contribution >= 0.6 is 11.3 Å². The molecule has 2 heterocycles. The van der Waals surface area contributed by atoms with E-state index >= 15 is 0 Å². The molecular formula is C14H20N4OS. The predicted octanol–water partition coefficient (Wildman–Crippen LogP) is 2.49. The van der Waals surface area contributed by atoms with Crippen molar-refractivity contribution in [3.8, 4) is 0 Å². The minimum absolute atomic E-state index is 0.146. The van der Waals surface area contributed by atoms with E-state index in [1.807, 2.05) is 12.3 Å². The third-order valence-corrected chi connectivity index (χ3v) is 4.87. The molecule has 0 aromatic carbocycles. The number of hydrogen-bond donors (Lipinski definition) is 1. The first kappa shape index (κ1) is 13.7. The van der Waals surface area contributed by atoms with Gasteiger partial charge in [0, 0.05) is 23.5 Å². The summed E-state index contributed by atoms with van der Waals surface area (Å²) in [4.78, 5) is 8.85. The van der Waals surface area contributed by atoms with E-state index in [9.17, 15) is 0 Å². The second kappa shape index (κ2) is 6.01. The number of rotatable bonds is 5. The number of aromatic nitrogens is 3. The Hall–Kier alpha value is -1.27. The minimum Gasteiger partial charge on any atom is -0.339 e. The number of nitrogens with two attached hydrogens (primary N) is 1. The van der Waals surface area contributed by atoms with E-state index in [1.165, 1.54) is 25.7 Å². The summed E-state index contributed by atoms with van der Waals surface area (Å²) in [5.41, 5.74) is 7.28. The van der Waals surface area contributed by atoms with E-state index in [0.717, 1.165) is 10.7 Å². The van der Waals surface area contributed by atoms with Crippen molar-refractivity contribution < 1.29 is 4.52 Å². The van der Waals surface area contributed by atoms with Gasteiger partial charge < -0.3 is 10.3 Å². The number of thiazole rings is 1. The van der Waals surface area contributed by atoms with Crippen molar-refractivity contribution >= 4 is 11.3 Å². The molecule has 1 aliphatic rings. The van der Waals surface area contributed by atoms with Gasteiger partial charge in [0.05, 0.1) is 6.42 Å². The molecule has 20 heavy (non-hydrogen) atoms. The fourth-order valence-electron chi connectivity index (χ4n) is 2.82. The average molecular weight is 292 g/mol.